The van der Waals surface area contributed by atoms with E-state index in [0.29, 0.717) is 24.6 Å². The molecule has 1 saturated heterocycles. The fourth-order valence-corrected chi connectivity index (χ4v) is 6.62. The highest BCUT2D eigenvalue weighted by Gasteiger charge is 2.33. The first-order valence-electron chi connectivity index (χ1n) is 14.4. The van der Waals surface area contributed by atoms with Gasteiger partial charge in [-0.1, -0.05) is 58.4 Å². The minimum atomic E-state index is -0.951. The van der Waals surface area contributed by atoms with Gasteiger partial charge in [-0.05, 0) is 62.6 Å². The van der Waals surface area contributed by atoms with Crippen molar-refractivity contribution in [2.24, 2.45) is 11.3 Å². The fourth-order valence-electron chi connectivity index (χ4n) is 5.31. The summed E-state index contributed by atoms with van der Waals surface area (Å²) in [7, 11) is 0. The molecule has 2 aromatic carbocycles. The Labute approximate surface area is 253 Å². The molecule has 0 saturated carbocycles. The molecule has 1 fully saturated rings. The summed E-state index contributed by atoms with van der Waals surface area (Å²) >= 11 is 7.92. The number of carbonyl (C=O) groups is 2. The highest BCUT2D eigenvalue weighted by Crippen LogP contribution is 2.44. The largest absolute Gasteiger partial charge is 0.491 e. The number of ether oxygens (including phenoxy) is 1. The number of amides is 1. The Morgan fingerprint density at radius 3 is 2.39 bits per heavy atom. The topological polar surface area (TPSA) is 71.8 Å². The van der Waals surface area contributed by atoms with Gasteiger partial charge in [-0.3, -0.25) is 9.59 Å². The molecule has 1 aliphatic heterocycles. The number of hydrogen-bond donors (Lipinski definition) is 1. The summed E-state index contributed by atoms with van der Waals surface area (Å²) in [5, 5.41) is 11.8. The molecule has 4 rings (SSSR count). The average Bonchev–Trinajstić information content (AvgIpc) is 3.46. The molecule has 2 heterocycles. The number of hydrogen-bond acceptors (Lipinski definition) is 4. The summed E-state index contributed by atoms with van der Waals surface area (Å²) in [5.41, 5.74) is 2.18. The molecule has 1 aromatic heterocycles. The van der Waals surface area contributed by atoms with Crippen LogP contribution in [0.15, 0.2) is 47.4 Å². The van der Waals surface area contributed by atoms with Gasteiger partial charge in [-0.15, -0.1) is 11.8 Å². The smallest absolute Gasteiger partial charge is 0.309 e. The van der Waals surface area contributed by atoms with Crippen molar-refractivity contribution < 1.29 is 19.4 Å². The van der Waals surface area contributed by atoms with E-state index in [4.69, 9.17) is 16.3 Å². The molecule has 1 atom stereocenters. The SMILES string of the molecule is CC(C)C(=O)N1CCC[C@H]1COc1ccc2c(c1)c(SC(C)(C)C)c(CC(C)(C)C(=O)O)n2Cc1ccc(Cl)cc1. The van der Waals surface area contributed by atoms with E-state index in [1.54, 1.807) is 25.6 Å². The molecule has 1 aliphatic rings. The van der Waals surface area contributed by atoms with Crippen LogP contribution in [-0.4, -0.2) is 50.4 Å². The van der Waals surface area contributed by atoms with E-state index in [1.807, 2.05) is 49.1 Å². The second-order valence-electron chi connectivity index (χ2n) is 13.0. The minimum Gasteiger partial charge on any atom is -0.491 e. The lowest BCUT2D eigenvalue weighted by Crippen LogP contribution is -2.41. The van der Waals surface area contributed by atoms with Crippen LogP contribution in [0.1, 0.15) is 72.6 Å². The number of halogens is 1. The van der Waals surface area contributed by atoms with Gasteiger partial charge in [-0.25, -0.2) is 0 Å². The normalized spacial score (nSPS) is 16.1. The van der Waals surface area contributed by atoms with Crippen molar-refractivity contribution in [3.8, 4) is 5.75 Å². The number of aliphatic carboxylic acids is 1. The molecule has 3 aromatic rings. The minimum absolute atomic E-state index is 0.0298. The van der Waals surface area contributed by atoms with Crippen LogP contribution in [0.25, 0.3) is 10.9 Å². The molecule has 222 valence electrons. The number of carbonyl (C=O) groups excluding carboxylic acids is 1. The lowest BCUT2D eigenvalue weighted by molar-refractivity contribution is -0.146. The molecule has 0 bridgehead atoms. The van der Waals surface area contributed by atoms with E-state index in [2.05, 4.69) is 37.5 Å². The van der Waals surface area contributed by atoms with E-state index in [9.17, 15) is 14.7 Å². The third-order valence-corrected chi connectivity index (χ3v) is 9.06. The zero-order valence-electron chi connectivity index (χ0n) is 25.3. The van der Waals surface area contributed by atoms with Gasteiger partial charge in [0.25, 0.3) is 0 Å². The van der Waals surface area contributed by atoms with Crippen LogP contribution in [0.3, 0.4) is 0 Å². The Bertz CT molecular complexity index is 1410. The van der Waals surface area contributed by atoms with Crippen LogP contribution >= 0.6 is 23.4 Å². The third kappa shape index (κ3) is 7.42. The number of rotatable bonds is 10. The summed E-state index contributed by atoms with van der Waals surface area (Å²) < 4.78 is 8.50. The molecule has 0 spiro atoms. The maximum absolute atomic E-state index is 12.7. The maximum atomic E-state index is 12.7. The number of nitrogens with zero attached hydrogens (tertiary/aromatic N) is 2. The Morgan fingerprint density at radius 1 is 1.10 bits per heavy atom. The van der Waals surface area contributed by atoms with Crippen LogP contribution < -0.4 is 4.74 Å². The molecule has 1 amide bonds. The van der Waals surface area contributed by atoms with Gasteiger partial charge >= 0.3 is 5.97 Å². The number of likely N-dealkylation sites (tertiary alicyclic amines) is 1. The molecule has 8 heteroatoms. The Morgan fingerprint density at radius 2 is 1.78 bits per heavy atom. The van der Waals surface area contributed by atoms with Crippen LogP contribution in [0.2, 0.25) is 5.02 Å². The second-order valence-corrected chi connectivity index (χ2v) is 15.3. The second kappa shape index (κ2) is 12.3. The van der Waals surface area contributed by atoms with Crippen molar-refractivity contribution in [3.63, 3.8) is 0 Å². The quantitative estimate of drug-likeness (QED) is 0.240. The van der Waals surface area contributed by atoms with Gasteiger partial charge in [-0.2, -0.15) is 0 Å². The van der Waals surface area contributed by atoms with Crippen LogP contribution in [0.5, 0.6) is 5.75 Å². The van der Waals surface area contributed by atoms with Gasteiger partial charge in [0.05, 0.1) is 11.5 Å². The summed E-state index contributed by atoms with van der Waals surface area (Å²) in [6.07, 6.45) is 2.32. The van der Waals surface area contributed by atoms with Crippen LogP contribution in [0, 0.1) is 11.3 Å². The summed E-state index contributed by atoms with van der Waals surface area (Å²) in [6, 6.07) is 14.0. The first-order valence-corrected chi connectivity index (χ1v) is 15.6. The molecular weight excluding hydrogens is 556 g/mol. The number of carboxylic acids is 1. The molecule has 6 nitrogen and oxygen atoms in total. The Kier molecular flexibility index (Phi) is 9.39. The monoisotopic (exact) mass is 598 g/mol. The van der Waals surface area contributed by atoms with Gasteiger partial charge in [0.15, 0.2) is 0 Å². The van der Waals surface area contributed by atoms with Crippen molar-refractivity contribution in [3.05, 3.63) is 58.7 Å². The van der Waals surface area contributed by atoms with Crippen molar-refractivity contribution in [1.82, 2.24) is 9.47 Å². The van der Waals surface area contributed by atoms with E-state index in [0.717, 1.165) is 52.2 Å². The van der Waals surface area contributed by atoms with Crippen LogP contribution in [0.4, 0.5) is 0 Å². The Balaban J connectivity index is 1.77. The van der Waals surface area contributed by atoms with Crippen LogP contribution in [-0.2, 0) is 22.6 Å². The van der Waals surface area contributed by atoms with E-state index < -0.39 is 11.4 Å². The molecule has 0 aliphatic carbocycles. The first-order chi connectivity index (χ1) is 19.2. The molecule has 1 N–H and O–H groups in total. The lowest BCUT2D eigenvalue weighted by atomic mass is 9.88. The van der Waals surface area contributed by atoms with Crippen molar-refractivity contribution in [2.75, 3.05) is 13.2 Å². The molecule has 0 unspecified atom stereocenters. The fraction of sp³-hybridized carbons (Fsp3) is 0.515. The number of benzene rings is 2. The van der Waals surface area contributed by atoms with Crippen molar-refractivity contribution >= 4 is 46.1 Å². The predicted molar refractivity (Wildman–Crippen MR) is 168 cm³/mol. The van der Waals surface area contributed by atoms with E-state index >= 15 is 0 Å². The number of carboxylic acid groups (broad SMARTS) is 1. The highest BCUT2D eigenvalue weighted by molar-refractivity contribution is 8.00. The third-order valence-electron chi connectivity index (χ3n) is 7.54. The number of fused-ring (bicyclic) bond motifs is 1. The van der Waals surface area contributed by atoms with Crippen molar-refractivity contribution in [2.45, 2.75) is 90.0 Å². The lowest BCUT2D eigenvalue weighted by Gasteiger charge is -2.26. The van der Waals surface area contributed by atoms with Crippen molar-refractivity contribution in [1.29, 1.82) is 0 Å². The number of thioether (sulfide) groups is 1. The summed E-state index contributed by atoms with van der Waals surface area (Å²) in [6.45, 7) is 15.8. The molecular formula is C33H43ClN2O4S. The Hall–Kier alpha value is -2.64. The first kappa shape index (κ1) is 31.3. The molecule has 41 heavy (non-hydrogen) atoms. The maximum Gasteiger partial charge on any atom is 0.309 e. The molecule has 0 radical (unpaired) electrons. The van der Waals surface area contributed by atoms with Gasteiger partial charge in [0, 0.05) is 56.7 Å². The van der Waals surface area contributed by atoms with Gasteiger partial charge in [0.1, 0.15) is 12.4 Å². The predicted octanol–water partition coefficient (Wildman–Crippen LogP) is 7.91. The summed E-state index contributed by atoms with van der Waals surface area (Å²) in [5.74, 6) is 0.0802. The van der Waals surface area contributed by atoms with E-state index in [-0.39, 0.29) is 22.6 Å². The highest BCUT2D eigenvalue weighted by atomic mass is 35.5. The zero-order chi connectivity index (χ0) is 30.1. The summed E-state index contributed by atoms with van der Waals surface area (Å²) in [4.78, 5) is 28.0. The van der Waals surface area contributed by atoms with E-state index in [1.165, 1.54) is 0 Å². The average molecular weight is 599 g/mol. The van der Waals surface area contributed by atoms with Gasteiger partial charge < -0.3 is 19.3 Å². The standard InChI is InChI=1S/C33H43ClN2O4S/c1-21(2)30(37)35-16-8-9-24(35)20-40-25-14-15-27-26(17-25)29(41-32(3,4)5)28(18-33(6,7)31(38)39)36(27)19-22-10-12-23(34)13-11-22/h10-15,17,21,24H,8-9,16,18-20H2,1-7H3,(H,38,39)/t24-/m0/s1. The number of aromatic nitrogens is 1. The zero-order valence-corrected chi connectivity index (χ0v) is 26.9. The van der Waals surface area contributed by atoms with Gasteiger partial charge in [0.2, 0.25) is 5.91 Å².